The van der Waals surface area contributed by atoms with Gasteiger partial charge in [0.25, 0.3) is 9.05 Å². The molecular weight excluding hydrogens is 239 g/mol. The average molecular weight is 243 g/mol. The van der Waals surface area contributed by atoms with Crippen molar-refractivity contribution in [2.45, 2.75) is 9.79 Å². The van der Waals surface area contributed by atoms with Crippen LogP contribution in [0, 0.1) is 0 Å². The molecular formula is C6H4Cl2O2S2. The SMILES string of the molecule is O=S(=O)(Cl)c1ccc(SCl)cc1. The lowest BCUT2D eigenvalue weighted by atomic mass is 10.4. The van der Waals surface area contributed by atoms with Gasteiger partial charge in [-0.15, -0.1) is 0 Å². The molecule has 0 amide bonds. The van der Waals surface area contributed by atoms with Crippen LogP contribution in [0.1, 0.15) is 0 Å². The zero-order valence-electron chi connectivity index (χ0n) is 5.70. The molecule has 6 heteroatoms. The topological polar surface area (TPSA) is 34.1 Å². The molecule has 0 atom stereocenters. The van der Waals surface area contributed by atoms with Crippen molar-refractivity contribution >= 4 is 41.4 Å². The Labute approximate surface area is 83.8 Å². The number of rotatable bonds is 2. The van der Waals surface area contributed by atoms with Gasteiger partial charge in [-0.25, -0.2) is 8.42 Å². The largest absolute Gasteiger partial charge is 0.261 e. The Morgan fingerprint density at radius 3 is 2.00 bits per heavy atom. The molecule has 0 aliphatic rings. The molecule has 0 aliphatic carbocycles. The van der Waals surface area contributed by atoms with Crippen LogP contribution in [0.25, 0.3) is 0 Å². The van der Waals surface area contributed by atoms with E-state index in [1.165, 1.54) is 12.1 Å². The van der Waals surface area contributed by atoms with Crippen molar-refractivity contribution in [3.05, 3.63) is 24.3 Å². The Kier molecular flexibility index (Phi) is 3.29. The Hall–Kier alpha value is 0.1000. The first-order valence-corrected chi connectivity index (χ1v) is 6.82. The molecule has 0 N–H and O–H groups in total. The Morgan fingerprint density at radius 1 is 1.17 bits per heavy atom. The van der Waals surface area contributed by atoms with Crippen molar-refractivity contribution in [3.63, 3.8) is 0 Å². The van der Waals surface area contributed by atoms with E-state index in [2.05, 4.69) is 0 Å². The van der Waals surface area contributed by atoms with E-state index in [0.717, 1.165) is 15.9 Å². The van der Waals surface area contributed by atoms with Gasteiger partial charge in [-0.3, -0.25) is 0 Å². The van der Waals surface area contributed by atoms with Crippen molar-refractivity contribution < 1.29 is 8.42 Å². The first kappa shape index (κ1) is 10.2. The molecule has 0 saturated carbocycles. The molecule has 0 saturated heterocycles. The normalized spacial score (nSPS) is 11.5. The van der Waals surface area contributed by atoms with Crippen molar-refractivity contribution in [1.29, 1.82) is 0 Å². The van der Waals surface area contributed by atoms with Gasteiger partial charge in [0.2, 0.25) is 0 Å². The third-order valence-corrected chi connectivity index (χ3v) is 3.55. The number of halogens is 2. The van der Waals surface area contributed by atoms with E-state index in [1.807, 2.05) is 0 Å². The molecule has 0 unspecified atom stereocenters. The van der Waals surface area contributed by atoms with E-state index in [-0.39, 0.29) is 4.90 Å². The van der Waals surface area contributed by atoms with E-state index in [1.54, 1.807) is 12.1 Å². The van der Waals surface area contributed by atoms with Crippen molar-refractivity contribution in [3.8, 4) is 0 Å². The maximum absolute atomic E-state index is 10.8. The number of benzene rings is 1. The fourth-order valence-electron chi connectivity index (χ4n) is 0.654. The molecule has 0 bridgehead atoms. The quantitative estimate of drug-likeness (QED) is 0.749. The zero-order valence-corrected chi connectivity index (χ0v) is 8.84. The monoisotopic (exact) mass is 242 g/mol. The van der Waals surface area contributed by atoms with Crippen LogP contribution in [0.4, 0.5) is 0 Å². The summed E-state index contributed by atoms with van der Waals surface area (Å²) >= 11 is 0. The van der Waals surface area contributed by atoms with Gasteiger partial charge in [0, 0.05) is 15.6 Å². The van der Waals surface area contributed by atoms with Crippen LogP contribution in [-0.2, 0) is 9.05 Å². The molecule has 12 heavy (non-hydrogen) atoms. The summed E-state index contributed by atoms with van der Waals surface area (Å²) in [4.78, 5) is 0.861. The van der Waals surface area contributed by atoms with Gasteiger partial charge in [-0.1, -0.05) is 0 Å². The number of hydrogen-bond donors (Lipinski definition) is 0. The molecule has 0 heterocycles. The van der Waals surface area contributed by atoms with E-state index in [9.17, 15) is 8.42 Å². The van der Waals surface area contributed by atoms with Gasteiger partial charge in [-0.2, -0.15) is 0 Å². The lowest BCUT2D eigenvalue weighted by Crippen LogP contribution is -1.88. The highest BCUT2D eigenvalue weighted by Crippen LogP contribution is 2.24. The predicted octanol–water partition coefficient (Wildman–Crippen LogP) is 2.86. The van der Waals surface area contributed by atoms with Crippen molar-refractivity contribution in [1.82, 2.24) is 0 Å². The highest BCUT2D eigenvalue weighted by Gasteiger charge is 2.08. The summed E-state index contributed by atoms with van der Waals surface area (Å²) in [5.74, 6) is 0. The first-order chi connectivity index (χ1) is 5.54. The predicted molar refractivity (Wildman–Crippen MR) is 51.2 cm³/mol. The Balaban J connectivity index is 3.09. The fraction of sp³-hybridized carbons (Fsp3) is 0. The van der Waals surface area contributed by atoms with Crippen molar-refractivity contribution in [2.75, 3.05) is 0 Å². The smallest absolute Gasteiger partial charge is 0.207 e. The minimum atomic E-state index is -3.61. The lowest BCUT2D eigenvalue weighted by Gasteiger charge is -1.96. The molecule has 0 aliphatic heterocycles. The van der Waals surface area contributed by atoms with Crippen molar-refractivity contribution in [2.24, 2.45) is 0 Å². The lowest BCUT2D eigenvalue weighted by molar-refractivity contribution is 0.609. The molecule has 0 radical (unpaired) electrons. The molecule has 1 rings (SSSR count). The maximum atomic E-state index is 10.8. The molecule has 0 fully saturated rings. The van der Waals surface area contributed by atoms with Crippen LogP contribution in [0.5, 0.6) is 0 Å². The van der Waals surface area contributed by atoms with Crippen LogP contribution >= 0.6 is 32.3 Å². The Bertz CT molecular complexity index is 358. The third-order valence-electron chi connectivity index (χ3n) is 1.19. The van der Waals surface area contributed by atoms with Gasteiger partial charge in [0.05, 0.1) is 4.90 Å². The average Bonchev–Trinajstić information content (AvgIpc) is 2.03. The molecule has 1 aromatic rings. The summed E-state index contributed by atoms with van der Waals surface area (Å²) in [7, 11) is 7.93. The van der Waals surface area contributed by atoms with E-state index in [0.29, 0.717) is 0 Å². The third kappa shape index (κ3) is 2.55. The highest BCUT2D eigenvalue weighted by atomic mass is 35.7. The van der Waals surface area contributed by atoms with Gasteiger partial charge in [-0.05, 0) is 45.9 Å². The second-order valence-corrected chi connectivity index (χ2v) is 5.64. The minimum absolute atomic E-state index is 0.0821. The van der Waals surface area contributed by atoms with E-state index < -0.39 is 9.05 Å². The molecule has 0 spiro atoms. The number of hydrogen-bond acceptors (Lipinski definition) is 3. The van der Waals surface area contributed by atoms with Crippen LogP contribution in [0.15, 0.2) is 34.1 Å². The summed E-state index contributed by atoms with van der Waals surface area (Å²) in [6, 6.07) is 6.00. The molecule has 1 aromatic carbocycles. The van der Waals surface area contributed by atoms with Crippen LogP contribution in [0.3, 0.4) is 0 Å². The second-order valence-electron chi connectivity index (χ2n) is 1.99. The summed E-state index contributed by atoms with van der Waals surface area (Å²) < 4.78 is 21.5. The Morgan fingerprint density at radius 2 is 1.67 bits per heavy atom. The second kappa shape index (κ2) is 3.87. The van der Waals surface area contributed by atoms with E-state index >= 15 is 0 Å². The summed E-state index contributed by atoms with van der Waals surface area (Å²) in [6.07, 6.45) is 0. The molecule has 66 valence electrons. The summed E-state index contributed by atoms with van der Waals surface area (Å²) in [5.41, 5.74) is 0. The standard InChI is InChI=1S/C6H4Cl2O2S2/c7-11-5-1-3-6(4-2-5)12(8,9)10/h1-4H. The summed E-state index contributed by atoms with van der Waals surface area (Å²) in [5, 5.41) is 0. The van der Waals surface area contributed by atoms with Crippen LogP contribution < -0.4 is 0 Å². The van der Waals surface area contributed by atoms with Gasteiger partial charge < -0.3 is 0 Å². The minimum Gasteiger partial charge on any atom is -0.207 e. The zero-order chi connectivity index (χ0) is 9.19. The van der Waals surface area contributed by atoms with Crippen LogP contribution in [0.2, 0.25) is 0 Å². The maximum Gasteiger partial charge on any atom is 0.261 e. The van der Waals surface area contributed by atoms with Crippen LogP contribution in [-0.4, -0.2) is 8.42 Å². The van der Waals surface area contributed by atoms with Gasteiger partial charge >= 0.3 is 0 Å². The van der Waals surface area contributed by atoms with Gasteiger partial charge in [0.15, 0.2) is 0 Å². The van der Waals surface area contributed by atoms with Gasteiger partial charge in [0.1, 0.15) is 0 Å². The molecule has 0 aromatic heterocycles. The summed E-state index contributed by atoms with van der Waals surface area (Å²) in [6.45, 7) is 0. The highest BCUT2D eigenvalue weighted by molar-refractivity contribution is 8.21. The first-order valence-electron chi connectivity index (χ1n) is 2.87. The molecule has 2 nitrogen and oxygen atoms in total. The van der Waals surface area contributed by atoms with E-state index in [4.69, 9.17) is 21.4 Å². The fourth-order valence-corrected chi connectivity index (χ4v) is 1.97.